The molecule has 1 N–H and O–H groups in total. The molecule has 0 radical (unpaired) electrons. The summed E-state index contributed by atoms with van der Waals surface area (Å²) in [4.78, 5) is 17.4. The highest BCUT2D eigenvalue weighted by atomic mass is 35.5. The Morgan fingerprint density at radius 3 is 2.48 bits per heavy atom. The number of rotatable bonds is 6. The van der Waals surface area contributed by atoms with Gasteiger partial charge in [0.1, 0.15) is 0 Å². The fourth-order valence-corrected chi connectivity index (χ4v) is 4.84. The molecule has 1 aromatic heterocycles. The van der Waals surface area contributed by atoms with Crippen molar-refractivity contribution in [2.45, 2.75) is 44.9 Å². The lowest BCUT2D eigenvalue weighted by atomic mass is 9.82. The number of nitrogens with one attached hydrogen (secondary N) is 1. The molecule has 1 saturated heterocycles. The molecular formula is C27H29ClN2O. The summed E-state index contributed by atoms with van der Waals surface area (Å²) in [6.07, 6.45) is 4.48. The number of hydrogen-bond acceptors (Lipinski definition) is 3. The number of benzene rings is 2. The zero-order valence-electron chi connectivity index (χ0n) is 18.2. The Balaban J connectivity index is 1.65. The number of piperidine rings is 1. The number of aromatic nitrogens is 1. The predicted octanol–water partition coefficient (Wildman–Crippen LogP) is 6.22. The summed E-state index contributed by atoms with van der Waals surface area (Å²) in [6, 6.07) is 18.6. The molecule has 0 unspecified atom stereocenters. The molecule has 0 aliphatic carbocycles. The number of halogens is 1. The van der Waals surface area contributed by atoms with Crippen molar-refractivity contribution in [3.05, 3.63) is 99.3 Å². The van der Waals surface area contributed by atoms with Gasteiger partial charge in [0.15, 0.2) is 5.78 Å². The van der Waals surface area contributed by atoms with Gasteiger partial charge in [-0.05, 0) is 92.2 Å². The first-order valence-electron chi connectivity index (χ1n) is 11.0. The fourth-order valence-electron chi connectivity index (χ4n) is 4.62. The van der Waals surface area contributed by atoms with E-state index in [1.165, 1.54) is 24.0 Å². The molecular weight excluding hydrogens is 404 g/mol. The van der Waals surface area contributed by atoms with Gasteiger partial charge in [-0.25, -0.2) is 0 Å². The molecule has 1 aliphatic rings. The monoisotopic (exact) mass is 432 g/mol. The SMILES string of the molecule is Cc1cc(C(=O)C[C@H](c2ccc(C3CCNCC3)cc2)c2ccc(Cl)cc2C)ccn1. The van der Waals surface area contributed by atoms with Gasteiger partial charge in [0.25, 0.3) is 0 Å². The normalized spacial score (nSPS) is 15.6. The minimum Gasteiger partial charge on any atom is -0.317 e. The fraction of sp³-hybridized carbons (Fsp3) is 0.333. The Kier molecular flexibility index (Phi) is 6.84. The zero-order chi connectivity index (χ0) is 21.8. The molecule has 1 fully saturated rings. The van der Waals surface area contributed by atoms with Gasteiger partial charge < -0.3 is 5.32 Å². The molecule has 0 bridgehead atoms. The Labute approximate surface area is 189 Å². The van der Waals surface area contributed by atoms with Gasteiger partial charge in [0, 0.05) is 34.8 Å². The Morgan fingerprint density at radius 2 is 1.81 bits per heavy atom. The molecule has 0 spiro atoms. The third kappa shape index (κ3) is 5.23. The number of carbonyl (C=O) groups is 1. The van der Waals surface area contributed by atoms with Crippen LogP contribution in [0, 0.1) is 13.8 Å². The van der Waals surface area contributed by atoms with Crippen LogP contribution in [0.3, 0.4) is 0 Å². The van der Waals surface area contributed by atoms with Crippen LogP contribution in [-0.2, 0) is 0 Å². The molecule has 4 rings (SSSR count). The first-order chi connectivity index (χ1) is 15.0. The lowest BCUT2D eigenvalue weighted by Gasteiger charge is -2.24. The van der Waals surface area contributed by atoms with Crippen molar-refractivity contribution in [3.8, 4) is 0 Å². The second kappa shape index (κ2) is 9.76. The molecule has 31 heavy (non-hydrogen) atoms. The summed E-state index contributed by atoms with van der Waals surface area (Å²) in [6.45, 7) is 6.15. The van der Waals surface area contributed by atoms with Crippen molar-refractivity contribution in [2.75, 3.05) is 13.1 Å². The maximum atomic E-state index is 13.2. The maximum absolute atomic E-state index is 13.2. The van der Waals surface area contributed by atoms with Crippen molar-refractivity contribution in [2.24, 2.45) is 0 Å². The topological polar surface area (TPSA) is 42.0 Å². The Hall–Kier alpha value is -2.49. The largest absolute Gasteiger partial charge is 0.317 e. The second-order valence-corrected chi connectivity index (χ2v) is 8.99. The van der Waals surface area contributed by atoms with Crippen molar-refractivity contribution in [1.82, 2.24) is 10.3 Å². The first-order valence-corrected chi connectivity index (χ1v) is 11.4. The van der Waals surface area contributed by atoms with Crippen LogP contribution in [0.5, 0.6) is 0 Å². The molecule has 3 aromatic rings. The molecule has 3 nitrogen and oxygen atoms in total. The molecule has 1 aliphatic heterocycles. The van der Waals surface area contributed by atoms with E-state index in [0.717, 1.165) is 40.5 Å². The maximum Gasteiger partial charge on any atom is 0.163 e. The van der Waals surface area contributed by atoms with Crippen molar-refractivity contribution < 1.29 is 4.79 Å². The molecule has 2 aromatic carbocycles. The standard InChI is InChI=1S/C27H29ClN2O/c1-18-15-24(28)7-8-25(18)26(17-27(31)23-11-14-30-19(2)16-23)22-5-3-20(4-6-22)21-9-12-29-13-10-21/h3-8,11,14-16,21,26,29H,9-10,12-13,17H2,1-2H3/t26-/m1/s1. The molecule has 160 valence electrons. The third-order valence-electron chi connectivity index (χ3n) is 6.36. The zero-order valence-corrected chi connectivity index (χ0v) is 19.0. The minimum absolute atomic E-state index is 0.0136. The van der Waals surface area contributed by atoms with Crippen LogP contribution in [-0.4, -0.2) is 23.9 Å². The molecule has 1 atom stereocenters. The van der Waals surface area contributed by atoms with Crippen molar-refractivity contribution >= 4 is 17.4 Å². The number of pyridine rings is 1. The summed E-state index contributed by atoms with van der Waals surface area (Å²) < 4.78 is 0. The molecule has 4 heteroatoms. The summed E-state index contributed by atoms with van der Waals surface area (Å²) >= 11 is 6.21. The van der Waals surface area contributed by atoms with Crippen LogP contribution >= 0.6 is 11.6 Å². The van der Waals surface area contributed by atoms with E-state index in [9.17, 15) is 4.79 Å². The lowest BCUT2D eigenvalue weighted by Crippen LogP contribution is -2.26. The van der Waals surface area contributed by atoms with Crippen LogP contribution in [0.4, 0.5) is 0 Å². The average Bonchev–Trinajstić information content (AvgIpc) is 2.78. The van der Waals surface area contributed by atoms with Crippen LogP contribution in [0.1, 0.15) is 69.4 Å². The summed E-state index contributed by atoms with van der Waals surface area (Å²) in [7, 11) is 0. The quantitative estimate of drug-likeness (QED) is 0.470. The van der Waals surface area contributed by atoms with E-state index < -0.39 is 0 Å². The van der Waals surface area contributed by atoms with Gasteiger partial charge in [0.05, 0.1) is 0 Å². The molecule has 0 saturated carbocycles. The van der Waals surface area contributed by atoms with Crippen molar-refractivity contribution in [1.29, 1.82) is 0 Å². The second-order valence-electron chi connectivity index (χ2n) is 8.56. The van der Waals surface area contributed by atoms with Gasteiger partial charge in [-0.3, -0.25) is 9.78 Å². The highest BCUT2D eigenvalue weighted by molar-refractivity contribution is 6.30. The predicted molar refractivity (Wildman–Crippen MR) is 127 cm³/mol. The minimum atomic E-state index is -0.0136. The number of ketones is 1. The molecule has 2 heterocycles. The number of hydrogen-bond donors (Lipinski definition) is 1. The summed E-state index contributed by atoms with van der Waals surface area (Å²) in [5.74, 6) is 0.736. The van der Waals surface area contributed by atoms with Gasteiger partial charge in [-0.15, -0.1) is 0 Å². The highest BCUT2D eigenvalue weighted by Gasteiger charge is 2.22. The average molecular weight is 433 g/mol. The van der Waals surface area contributed by atoms with E-state index >= 15 is 0 Å². The van der Waals surface area contributed by atoms with Gasteiger partial charge in [0.2, 0.25) is 0 Å². The number of aryl methyl sites for hydroxylation is 2. The van der Waals surface area contributed by atoms with Crippen molar-refractivity contribution in [3.63, 3.8) is 0 Å². The van der Waals surface area contributed by atoms with E-state index in [4.69, 9.17) is 11.6 Å². The van der Waals surface area contributed by atoms with E-state index in [2.05, 4.69) is 47.6 Å². The van der Waals surface area contributed by atoms with Crippen LogP contribution in [0.15, 0.2) is 60.8 Å². The lowest BCUT2D eigenvalue weighted by molar-refractivity contribution is 0.0977. The first kappa shape index (κ1) is 21.7. The number of carbonyl (C=O) groups excluding carboxylic acids is 1. The van der Waals surface area contributed by atoms with Crippen LogP contribution in [0.25, 0.3) is 0 Å². The Bertz CT molecular complexity index is 1060. The summed E-state index contributed by atoms with van der Waals surface area (Å²) in [5.41, 5.74) is 6.40. The number of Topliss-reactive ketones (excluding diaryl/α,β-unsaturated/α-hetero) is 1. The van der Waals surface area contributed by atoms with E-state index in [1.807, 2.05) is 25.1 Å². The van der Waals surface area contributed by atoms with Gasteiger partial charge >= 0.3 is 0 Å². The Morgan fingerprint density at radius 1 is 1.06 bits per heavy atom. The highest BCUT2D eigenvalue weighted by Crippen LogP contribution is 2.34. The smallest absolute Gasteiger partial charge is 0.163 e. The van der Waals surface area contributed by atoms with Gasteiger partial charge in [-0.1, -0.05) is 41.9 Å². The summed E-state index contributed by atoms with van der Waals surface area (Å²) in [5, 5.41) is 4.15. The van der Waals surface area contributed by atoms with Crippen LogP contribution < -0.4 is 5.32 Å². The van der Waals surface area contributed by atoms with Crippen LogP contribution in [0.2, 0.25) is 5.02 Å². The van der Waals surface area contributed by atoms with E-state index in [0.29, 0.717) is 12.3 Å². The number of nitrogens with zero attached hydrogens (tertiary/aromatic N) is 1. The van der Waals surface area contributed by atoms with E-state index in [1.54, 1.807) is 12.3 Å². The van der Waals surface area contributed by atoms with Gasteiger partial charge in [-0.2, -0.15) is 0 Å². The molecule has 0 amide bonds. The third-order valence-corrected chi connectivity index (χ3v) is 6.60. The van der Waals surface area contributed by atoms with E-state index in [-0.39, 0.29) is 11.7 Å².